The predicted octanol–water partition coefficient (Wildman–Crippen LogP) is 4.32. The minimum atomic E-state index is -0.674. The molecule has 1 aliphatic carbocycles. The van der Waals surface area contributed by atoms with E-state index in [0.717, 1.165) is 56.4 Å². The molecule has 3 amide bonds. The summed E-state index contributed by atoms with van der Waals surface area (Å²) >= 11 is 6.13. The number of nitrogens with zero attached hydrogens (tertiary/aromatic N) is 3. The van der Waals surface area contributed by atoms with Crippen LogP contribution in [-0.2, 0) is 27.3 Å². The largest absolute Gasteiger partial charge is 0.344 e. The van der Waals surface area contributed by atoms with Crippen molar-refractivity contribution in [1.82, 2.24) is 25.3 Å². The molecular weight excluding hydrogens is 574 g/mol. The number of hydrogen-bond donors (Lipinski definition) is 2. The number of fused-ring (bicyclic) bond motifs is 1. The van der Waals surface area contributed by atoms with E-state index in [9.17, 15) is 14.4 Å². The zero-order valence-electron chi connectivity index (χ0n) is 25.7. The third-order valence-electron chi connectivity index (χ3n) is 10.1. The highest BCUT2D eigenvalue weighted by atomic mass is 35.5. The predicted molar refractivity (Wildman–Crippen MR) is 172 cm³/mol. The molecule has 4 aliphatic rings. The fourth-order valence-electron chi connectivity index (χ4n) is 7.73. The van der Waals surface area contributed by atoms with E-state index in [-0.39, 0.29) is 30.3 Å². The van der Waals surface area contributed by atoms with E-state index < -0.39 is 6.04 Å². The molecule has 44 heavy (non-hydrogen) atoms. The van der Waals surface area contributed by atoms with Gasteiger partial charge in [-0.15, -0.1) is 0 Å². The van der Waals surface area contributed by atoms with E-state index in [0.29, 0.717) is 49.4 Å². The van der Waals surface area contributed by atoms with Crippen LogP contribution in [0.5, 0.6) is 0 Å². The molecule has 2 N–H and O–H groups in total. The number of nitrogens with one attached hydrogen (secondary N) is 2. The number of carbonyl (C=O) groups excluding carboxylic acids is 3. The Kier molecular flexibility index (Phi) is 10.2. The Hall–Kier alpha value is -2.94. The van der Waals surface area contributed by atoms with Crippen molar-refractivity contribution in [2.24, 2.45) is 5.92 Å². The summed E-state index contributed by atoms with van der Waals surface area (Å²) in [6.07, 6.45) is 8.73. The normalized spacial score (nSPS) is 22.4. The molecule has 9 heteroatoms. The first kappa shape index (κ1) is 31.1. The number of likely N-dealkylation sites (tertiary alicyclic amines) is 1. The Bertz CT molecular complexity index is 1300. The summed E-state index contributed by atoms with van der Waals surface area (Å²) in [6.45, 7) is 4.95. The van der Waals surface area contributed by atoms with Gasteiger partial charge in [-0.25, -0.2) is 0 Å². The van der Waals surface area contributed by atoms with Gasteiger partial charge in [0.05, 0.1) is 6.04 Å². The van der Waals surface area contributed by atoms with Crippen LogP contribution in [0.1, 0.15) is 74.1 Å². The highest BCUT2D eigenvalue weighted by molar-refractivity contribution is 6.30. The molecule has 2 aromatic carbocycles. The summed E-state index contributed by atoms with van der Waals surface area (Å²) in [7, 11) is 0. The van der Waals surface area contributed by atoms with Gasteiger partial charge in [0, 0.05) is 69.7 Å². The highest BCUT2D eigenvalue weighted by Gasteiger charge is 2.40. The molecule has 3 unspecified atom stereocenters. The first-order valence-electron chi connectivity index (χ1n) is 16.6. The first-order valence-corrected chi connectivity index (χ1v) is 17.0. The Morgan fingerprint density at radius 1 is 0.818 bits per heavy atom. The minimum absolute atomic E-state index is 0.0622. The van der Waals surface area contributed by atoms with Crippen LogP contribution in [0.2, 0.25) is 5.02 Å². The van der Waals surface area contributed by atoms with Crippen molar-refractivity contribution in [2.45, 2.75) is 82.5 Å². The van der Waals surface area contributed by atoms with Gasteiger partial charge in [0.15, 0.2) is 0 Å². The second-order valence-electron chi connectivity index (χ2n) is 13.0. The van der Waals surface area contributed by atoms with Crippen molar-refractivity contribution in [3.63, 3.8) is 0 Å². The molecule has 8 nitrogen and oxygen atoms in total. The van der Waals surface area contributed by atoms with Gasteiger partial charge in [0.25, 0.3) is 0 Å². The number of rotatable bonds is 9. The lowest BCUT2D eigenvalue weighted by molar-refractivity contribution is -0.143. The molecule has 2 saturated heterocycles. The molecule has 0 bridgehead atoms. The van der Waals surface area contributed by atoms with E-state index in [1.54, 1.807) is 0 Å². The highest BCUT2D eigenvalue weighted by Crippen LogP contribution is 2.32. The quantitative estimate of drug-likeness (QED) is 0.437. The maximum Gasteiger partial charge on any atom is 0.245 e. The van der Waals surface area contributed by atoms with Gasteiger partial charge >= 0.3 is 0 Å². The lowest BCUT2D eigenvalue weighted by Crippen LogP contribution is -2.60. The molecule has 6 rings (SSSR count). The third-order valence-corrected chi connectivity index (χ3v) is 10.4. The number of carbonyl (C=O) groups is 3. The summed E-state index contributed by atoms with van der Waals surface area (Å²) in [5.41, 5.74) is 3.31. The Morgan fingerprint density at radius 2 is 1.50 bits per heavy atom. The maximum absolute atomic E-state index is 14.0. The standard InChI is InChI=1S/C35H46ClN5O3/c36-28-14-12-25(13-15-28)22-31(38-32(42)23-30-29-11-5-4-10-27(29)24-37-30)34(43)41-20-18-39(19-21-41)33(26-8-2-1-3-9-26)35(44)40-16-6-7-17-40/h4-5,10-15,26,30-31,33,37H,1-3,6-9,16-24H2,(H,38,42). The van der Waals surface area contributed by atoms with Crippen LogP contribution >= 0.6 is 11.6 Å². The van der Waals surface area contributed by atoms with Crippen LogP contribution in [0.4, 0.5) is 0 Å². The van der Waals surface area contributed by atoms with E-state index in [4.69, 9.17) is 11.6 Å². The van der Waals surface area contributed by atoms with Crippen molar-refractivity contribution in [3.8, 4) is 0 Å². The summed E-state index contributed by atoms with van der Waals surface area (Å²) in [5, 5.41) is 7.18. The van der Waals surface area contributed by atoms with Crippen LogP contribution < -0.4 is 10.6 Å². The van der Waals surface area contributed by atoms with E-state index >= 15 is 0 Å². The number of halogens is 1. The first-order chi connectivity index (χ1) is 21.5. The smallest absolute Gasteiger partial charge is 0.245 e. The van der Waals surface area contributed by atoms with Crippen molar-refractivity contribution < 1.29 is 14.4 Å². The SMILES string of the molecule is O=C(CC1NCc2ccccc21)NC(Cc1ccc(Cl)cc1)C(=O)N1CCN(C(C(=O)N2CCCC2)C2CCCCC2)CC1. The maximum atomic E-state index is 14.0. The minimum Gasteiger partial charge on any atom is -0.344 e. The van der Waals surface area contributed by atoms with Crippen LogP contribution in [0, 0.1) is 5.92 Å². The number of amides is 3. The third kappa shape index (κ3) is 7.30. The average molecular weight is 620 g/mol. The molecule has 3 aliphatic heterocycles. The Labute approximate surface area is 266 Å². The van der Waals surface area contributed by atoms with Gasteiger partial charge in [0.1, 0.15) is 6.04 Å². The number of benzene rings is 2. The summed E-state index contributed by atoms with van der Waals surface area (Å²) in [4.78, 5) is 47.5. The fourth-order valence-corrected chi connectivity index (χ4v) is 7.85. The van der Waals surface area contributed by atoms with Crippen molar-refractivity contribution in [2.75, 3.05) is 39.3 Å². The van der Waals surface area contributed by atoms with Crippen molar-refractivity contribution >= 4 is 29.3 Å². The van der Waals surface area contributed by atoms with Gasteiger partial charge in [0.2, 0.25) is 17.7 Å². The monoisotopic (exact) mass is 619 g/mol. The molecule has 0 spiro atoms. The van der Waals surface area contributed by atoms with E-state index in [1.165, 1.54) is 24.8 Å². The van der Waals surface area contributed by atoms with E-state index in [1.807, 2.05) is 41.3 Å². The number of hydrogen-bond acceptors (Lipinski definition) is 5. The average Bonchev–Trinajstić information content (AvgIpc) is 3.74. The van der Waals surface area contributed by atoms with Gasteiger partial charge < -0.3 is 20.4 Å². The molecule has 0 aromatic heterocycles. The van der Waals surface area contributed by atoms with Crippen LogP contribution in [0.15, 0.2) is 48.5 Å². The Morgan fingerprint density at radius 3 is 2.23 bits per heavy atom. The van der Waals surface area contributed by atoms with Crippen LogP contribution in [0.25, 0.3) is 0 Å². The van der Waals surface area contributed by atoms with Crippen LogP contribution in [-0.4, -0.2) is 83.8 Å². The molecule has 3 heterocycles. The molecule has 2 aromatic rings. The molecule has 1 saturated carbocycles. The second-order valence-corrected chi connectivity index (χ2v) is 13.5. The van der Waals surface area contributed by atoms with Gasteiger partial charge in [-0.3, -0.25) is 19.3 Å². The summed E-state index contributed by atoms with van der Waals surface area (Å²) in [6, 6.07) is 14.8. The lowest BCUT2D eigenvalue weighted by Gasteiger charge is -2.44. The van der Waals surface area contributed by atoms with Crippen molar-refractivity contribution in [1.29, 1.82) is 0 Å². The second kappa shape index (κ2) is 14.4. The van der Waals surface area contributed by atoms with Crippen molar-refractivity contribution in [3.05, 3.63) is 70.2 Å². The Balaban J connectivity index is 1.12. The zero-order chi connectivity index (χ0) is 30.5. The zero-order valence-corrected chi connectivity index (χ0v) is 26.4. The van der Waals surface area contributed by atoms with Crippen LogP contribution in [0.3, 0.4) is 0 Å². The molecule has 3 atom stereocenters. The van der Waals surface area contributed by atoms with Gasteiger partial charge in [-0.2, -0.15) is 0 Å². The molecule has 3 fully saturated rings. The number of piperazine rings is 1. The summed E-state index contributed by atoms with van der Waals surface area (Å²) in [5.74, 6) is 0.487. The van der Waals surface area contributed by atoms with Gasteiger partial charge in [-0.1, -0.05) is 67.3 Å². The molecule has 236 valence electrons. The molecule has 0 radical (unpaired) electrons. The molecular formula is C35H46ClN5O3. The fraction of sp³-hybridized carbons (Fsp3) is 0.571. The lowest BCUT2D eigenvalue weighted by atomic mass is 9.82. The van der Waals surface area contributed by atoms with E-state index in [2.05, 4.69) is 32.6 Å². The van der Waals surface area contributed by atoms with Gasteiger partial charge in [-0.05, 0) is 60.4 Å². The summed E-state index contributed by atoms with van der Waals surface area (Å²) < 4.78 is 0. The topological polar surface area (TPSA) is 85.0 Å².